The third-order valence-electron chi connectivity index (χ3n) is 4.49. The lowest BCUT2D eigenvalue weighted by atomic mass is 10.0. The van der Waals surface area contributed by atoms with Crippen molar-refractivity contribution in [3.05, 3.63) is 52.0 Å². The van der Waals surface area contributed by atoms with E-state index in [9.17, 15) is 9.59 Å². The van der Waals surface area contributed by atoms with Crippen LogP contribution in [0.1, 0.15) is 37.8 Å². The summed E-state index contributed by atoms with van der Waals surface area (Å²) in [6.45, 7) is 2.28. The highest BCUT2D eigenvalue weighted by molar-refractivity contribution is 7.11. The minimum absolute atomic E-state index is 0.0395. The topological polar surface area (TPSA) is 109 Å². The fraction of sp³-hybridized carbons (Fsp3) is 0.353. The van der Waals surface area contributed by atoms with Gasteiger partial charge >= 0.3 is 0 Å². The van der Waals surface area contributed by atoms with Gasteiger partial charge in [0.15, 0.2) is 5.69 Å². The number of nitrogens with one attached hydrogen (secondary N) is 2. The fourth-order valence-corrected chi connectivity index (χ4v) is 3.70. The summed E-state index contributed by atoms with van der Waals surface area (Å²) in [5.41, 5.74) is 3.79. The maximum atomic E-state index is 12.5. The van der Waals surface area contributed by atoms with E-state index in [0.29, 0.717) is 36.6 Å². The molecule has 0 radical (unpaired) electrons. The third kappa shape index (κ3) is 3.75. The SMILES string of the molecule is O=C(NCCCn1cccn1)c1n[nH]c2c1CCN(C(=O)c1cncs1)C2. The van der Waals surface area contributed by atoms with Gasteiger partial charge < -0.3 is 10.2 Å². The predicted molar refractivity (Wildman–Crippen MR) is 98.3 cm³/mol. The molecule has 4 heterocycles. The van der Waals surface area contributed by atoms with Gasteiger partial charge in [0.25, 0.3) is 11.8 Å². The molecule has 3 aromatic rings. The summed E-state index contributed by atoms with van der Waals surface area (Å²) in [6.07, 6.45) is 6.60. The average molecular weight is 385 g/mol. The first-order valence-corrected chi connectivity index (χ1v) is 9.60. The van der Waals surface area contributed by atoms with E-state index < -0.39 is 0 Å². The number of H-pyrrole nitrogens is 1. The zero-order valence-electron chi connectivity index (χ0n) is 14.6. The molecule has 4 rings (SSSR count). The molecule has 140 valence electrons. The van der Waals surface area contributed by atoms with Gasteiger partial charge in [0, 0.05) is 37.6 Å². The van der Waals surface area contributed by atoms with Crippen molar-refractivity contribution in [2.45, 2.75) is 25.9 Å². The van der Waals surface area contributed by atoms with Crippen LogP contribution in [-0.2, 0) is 19.5 Å². The molecule has 0 fully saturated rings. The molecule has 0 saturated heterocycles. The largest absolute Gasteiger partial charge is 0.351 e. The Morgan fingerprint density at radius 1 is 1.37 bits per heavy atom. The van der Waals surface area contributed by atoms with Crippen LogP contribution in [0.5, 0.6) is 0 Å². The maximum Gasteiger partial charge on any atom is 0.272 e. The summed E-state index contributed by atoms with van der Waals surface area (Å²) in [5, 5.41) is 14.1. The van der Waals surface area contributed by atoms with Crippen molar-refractivity contribution in [3.63, 3.8) is 0 Å². The van der Waals surface area contributed by atoms with Crippen LogP contribution in [0.15, 0.2) is 30.2 Å². The van der Waals surface area contributed by atoms with Crippen molar-refractivity contribution in [2.75, 3.05) is 13.1 Å². The van der Waals surface area contributed by atoms with E-state index in [0.717, 1.165) is 24.2 Å². The van der Waals surface area contributed by atoms with Gasteiger partial charge in [-0.1, -0.05) is 0 Å². The number of hydrogen-bond donors (Lipinski definition) is 2. The number of aryl methyl sites for hydroxylation is 1. The highest BCUT2D eigenvalue weighted by Gasteiger charge is 2.28. The molecule has 3 aromatic heterocycles. The Morgan fingerprint density at radius 2 is 2.30 bits per heavy atom. The summed E-state index contributed by atoms with van der Waals surface area (Å²) < 4.78 is 1.83. The van der Waals surface area contributed by atoms with E-state index in [-0.39, 0.29) is 11.8 Å². The van der Waals surface area contributed by atoms with E-state index in [2.05, 4.69) is 25.6 Å². The Bertz CT molecular complexity index is 917. The summed E-state index contributed by atoms with van der Waals surface area (Å²) in [6, 6.07) is 1.87. The van der Waals surface area contributed by atoms with E-state index in [4.69, 9.17) is 0 Å². The fourth-order valence-electron chi connectivity index (χ4n) is 3.12. The standard InChI is InChI=1S/C17H19N7O2S/c25-16(19-4-1-6-24-7-2-5-20-24)15-12-3-8-23(10-13(12)21-22-15)17(26)14-9-18-11-27-14/h2,5,7,9,11H,1,3-4,6,8,10H2,(H,19,25)(H,21,22). The first kappa shape index (κ1) is 17.4. The number of aromatic nitrogens is 5. The number of nitrogens with zero attached hydrogens (tertiary/aromatic N) is 5. The molecular weight excluding hydrogens is 366 g/mol. The number of amides is 2. The van der Waals surface area contributed by atoms with Gasteiger partial charge in [-0.05, 0) is 18.9 Å². The molecule has 10 heteroatoms. The van der Waals surface area contributed by atoms with Crippen LogP contribution in [0, 0.1) is 0 Å². The van der Waals surface area contributed by atoms with Crippen LogP contribution in [0.2, 0.25) is 0 Å². The Kier molecular flexibility index (Phi) is 4.97. The first-order valence-electron chi connectivity index (χ1n) is 8.72. The van der Waals surface area contributed by atoms with Crippen molar-refractivity contribution in [3.8, 4) is 0 Å². The van der Waals surface area contributed by atoms with Crippen molar-refractivity contribution >= 4 is 23.2 Å². The van der Waals surface area contributed by atoms with Crippen LogP contribution < -0.4 is 5.32 Å². The highest BCUT2D eigenvalue weighted by Crippen LogP contribution is 2.22. The van der Waals surface area contributed by atoms with Crippen LogP contribution in [0.4, 0.5) is 0 Å². The molecule has 2 N–H and O–H groups in total. The van der Waals surface area contributed by atoms with E-state index in [1.807, 2.05) is 16.9 Å². The normalized spacial score (nSPS) is 13.4. The molecule has 0 aliphatic carbocycles. The lowest BCUT2D eigenvalue weighted by Crippen LogP contribution is -2.36. The number of carbonyl (C=O) groups excluding carboxylic acids is 2. The molecule has 0 saturated carbocycles. The highest BCUT2D eigenvalue weighted by atomic mass is 32.1. The van der Waals surface area contributed by atoms with Gasteiger partial charge in [-0.25, -0.2) is 0 Å². The van der Waals surface area contributed by atoms with E-state index in [1.165, 1.54) is 11.3 Å². The first-order chi connectivity index (χ1) is 13.2. The summed E-state index contributed by atoms with van der Waals surface area (Å²) >= 11 is 1.33. The lowest BCUT2D eigenvalue weighted by molar-refractivity contribution is 0.0737. The number of carbonyl (C=O) groups is 2. The van der Waals surface area contributed by atoms with Crippen LogP contribution in [0.25, 0.3) is 0 Å². The van der Waals surface area contributed by atoms with Gasteiger partial charge in [-0.3, -0.25) is 24.4 Å². The van der Waals surface area contributed by atoms with Crippen LogP contribution in [0.3, 0.4) is 0 Å². The molecule has 0 aromatic carbocycles. The number of rotatable bonds is 6. The third-order valence-corrected chi connectivity index (χ3v) is 5.25. The van der Waals surface area contributed by atoms with E-state index in [1.54, 1.807) is 22.8 Å². The predicted octanol–water partition coefficient (Wildman–Crippen LogP) is 1.08. The van der Waals surface area contributed by atoms with Gasteiger partial charge in [0.05, 0.1) is 23.9 Å². The van der Waals surface area contributed by atoms with Gasteiger partial charge in [0.1, 0.15) is 4.88 Å². The number of thiazole rings is 1. The molecule has 1 aliphatic heterocycles. The van der Waals surface area contributed by atoms with Crippen molar-refractivity contribution < 1.29 is 9.59 Å². The summed E-state index contributed by atoms with van der Waals surface area (Å²) in [5.74, 6) is -0.224. The molecule has 0 spiro atoms. The summed E-state index contributed by atoms with van der Waals surface area (Å²) in [7, 11) is 0. The van der Waals surface area contributed by atoms with Crippen molar-refractivity contribution in [1.82, 2.24) is 35.2 Å². The minimum atomic E-state index is -0.185. The molecule has 27 heavy (non-hydrogen) atoms. The molecular formula is C17H19N7O2S. The molecule has 2 amide bonds. The second-order valence-electron chi connectivity index (χ2n) is 6.25. The Hall–Kier alpha value is -3.01. The van der Waals surface area contributed by atoms with Crippen LogP contribution in [-0.4, -0.2) is 54.8 Å². The molecule has 0 bridgehead atoms. The van der Waals surface area contributed by atoms with Crippen molar-refractivity contribution in [2.24, 2.45) is 0 Å². The second kappa shape index (κ2) is 7.70. The zero-order chi connectivity index (χ0) is 18.6. The minimum Gasteiger partial charge on any atom is -0.351 e. The van der Waals surface area contributed by atoms with Crippen LogP contribution >= 0.6 is 11.3 Å². The number of aromatic amines is 1. The molecule has 1 aliphatic rings. The Balaban J connectivity index is 1.33. The number of fused-ring (bicyclic) bond motifs is 1. The maximum absolute atomic E-state index is 12.5. The molecule has 0 atom stereocenters. The van der Waals surface area contributed by atoms with Gasteiger partial charge in [-0.2, -0.15) is 10.2 Å². The molecule has 0 unspecified atom stereocenters. The molecule has 9 nitrogen and oxygen atoms in total. The Morgan fingerprint density at radius 3 is 3.07 bits per heavy atom. The smallest absolute Gasteiger partial charge is 0.272 e. The second-order valence-corrected chi connectivity index (χ2v) is 7.14. The average Bonchev–Trinajstić information content (AvgIpc) is 3.45. The zero-order valence-corrected chi connectivity index (χ0v) is 15.4. The number of hydrogen-bond acceptors (Lipinski definition) is 6. The van der Waals surface area contributed by atoms with Gasteiger partial charge in [-0.15, -0.1) is 11.3 Å². The quantitative estimate of drug-likeness (QED) is 0.617. The monoisotopic (exact) mass is 385 g/mol. The van der Waals surface area contributed by atoms with Crippen molar-refractivity contribution in [1.29, 1.82) is 0 Å². The van der Waals surface area contributed by atoms with E-state index >= 15 is 0 Å². The lowest BCUT2D eigenvalue weighted by Gasteiger charge is -2.26. The van der Waals surface area contributed by atoms with Gasteiger partial charge in [0.2, 0.25) is 0 Å². The Labute approximate surface area is 159 Å². The summed E-state index contributed by atoms with van der Waals surface area (Å²) in [4.78, 5) is 31.2.